The second-order valence-electron chi connectivity index (χ2n) is 7.59. The minimum atomic E-state index is -0.0713. The van der Waals surface area contributed by atoms with Crippen LogP contribution in [0.25, 0.3) is 17.1 Å². The smallest absolute Gasteiger partial charge is 0.266 e. The third-order valence-electron chi connectivity index (χ3n) is 5.56. The molecular formula is C22H22N8O. The number of piperidine rings is 1. The number of rotatable bonds is 5. The van der Waals surface area contributed by atoms with Crippen LogP contribution < -0.4 is 10.5 Å². The van der Waals surface area contributed by atoms with Crippen molar-refractivity contribution in [3.05, 3.63) is 77.9 Å². The summed E-state index contributed by atoms with van der Waals surface area (Å²) in [5, 5.41) is 8.81. The molecule has 1 saturated heterocycles. The van der Waals surface area contributed by atoms with E-state index in [0.29, 0.717) is 18.3 Å². The van der Waals surface area contributed by atoms with Gasteiger partial charge in [0, 0.05) is 56.1 Å². The Hall–Kier alpha value is -3.88. The van der Waals surface area contributed by atoms with Crippen molar-refractivity contribution >= 4 is 5.82 Å². The van der Waals surface area contributed by atoms with Gasteiger partial charge in [-0.2, -0.15) is 10.2 Å². The van der Waals surface area contributed by atoms with Crippen LogP contribution in [0.4, 0.5) is 5.82 Å². The van der Waals surface area contributed by atoms with Gasteiger partial charge in [0.05, 0.1) is 18.1 Å². The van der Waals surface area contributed by atoms with Crippen LogP contribution in [-0.4, -0.2) is 47.6 Å². The maximum atomic E-state index is 12.4. The lowest BCUT2D eigenvalue weighted by Gasteiger charge is -2.32. The first-order chi connectivity index (χ1) is 15.3. The Morgan fingerprint density at radius 3 is 2.52 bits per heavy atom. The number of anilines is 1. The first kappa shape index (κ1) is 19.1. The second kappa shape index (κ2) is 8.47. The van der Waals surface area contributed by atoms with Gasteiger partial charge in [0.1, 0.15) is 5.82 Å². The van der Waals surface area contributed by atoms with Crippen LogP contribution in [0.15, 0.2) is 72.3 Å². The highest BCUT2D eigenvalue weighted by Crippen LogP contribution is 2.23. The number of hydrogen-bond acceptors (Lipinski definition) is 7. The van der Waals surface area contributed by atoms with Crippen molar-refractivity contribution in [3.8, 4) is 17.1 Å². The molecule has 0 amide bonds. The van der Waals surface area contributed by atoms with Gasteiger partial charge in [-0.25, -0.2) is 14.3 Å². The van der Waals surface area contributed by atoms with Gasteiger partial charge in [0.25, 0.3) is 5.56 Å². The van der Waals surface area contributed by atoms with E-state index in [1.807, 2.05) is 24.4 Å². The molecular weight excluding hydrogens is 392 g/mol. The quantitative estimate of drug-likeness (QED) is 0.494. The van der Waals surface area contributed by atoms with Gasteiger partial charge in [-0.05, 0) is 43.0 Å². The predicted molar refractivity (Wildman–Crippen MR) is 116 cm³/mol. The lowest BCUT2D eigenvalue weighted by Crippen LogP contribution is -2.37. The van der Waals surface area contributed by atoms with E-state index in [2.05, 4.69) is 25.1 Å². The molecule has 31 heavy (non-hydrogen) atoms. The molecule has 1 aliphatic heterocycles. The molecule has 5 heterocycles. The van der Waals surface area contributed by atoms with Crippen LogP contribution in [0, 0.1) is 5.92 Å². The topological polar surface area (TPSA) is 94.6 Å². The van der Waals surface area contributed by atoms with Gasteiger partial charge in [0.2, 0.25) is 0 Å². The molecule has 156 valence electrons. The summed E-state index contributed by atoms with van der Waals surface area (Å²) in [7, 11) is 0. The lowest BCUT2D eigenvalue weighted by atomic mass is 9.97. The number of nitrogens with zero attached hydrogens (tertiary/aromatic N) is 8. The monoisotopic (exact) mass is 414 g/mol. The molecule has 0 saturated carbocycles. The highest BCUT2D eigenvalue weighted by atomic mass is 16.1. The minimum absolute atomic E-state index is 0.0713. The average molecular weight is 414 g/mol. The van der Waals surface area contributed by atoms with E-state index in [1.165, 1.54) is 0 Å². The fourth-order valence-electron chi connectivity index (χ4n) is 3.86. The van der Waals surface area contributed by atoms with Crippen molar-refractivity contribution in [1.82, 2.24) is 34.5 Å². The van der Waals surface area contributed by atoms with E-state index < -0.39 is 0 Å². The summed E-state index contributed by atoms with van der Waals surface area (Å²) in [6.45, 7) is 2.34. The summed E-state index contributed by atoms with van der Waals surface area (Å²) in [6, 6.07) is 9.01. The number of pyridine rings is 1. The number of aromatic nitrogens is 7. The lowest BCUT2D eigenvalue weighted by molar-refractivity contribution is 0.335. The van der Waals surface area contributed by atoms with Crippen LogP contribution in [0.5, 0.6) is 0 Å². The zero-order chi connectivity index (χ0) is 21.0. The Bertz CT molecular complexity index is 1200. The molecule has 9 heteroatoms. The van der Waals surface area contributed by atoms with Crippen LogP contribution in [0.3, 0.4) is 0 Å². The molecule has 0 bridgehead atoms. The molecule has 1 fully saturated rings. The third-order valence-corrected chi connectivity index (χ3v) is 5.56. The van der Waals surface area contributed by atoms with E-state index in [4.69, 9.17) is 4.98 Å². The largest absolute Gasteiger partial charge is 0.355 e. The van der Waals surface area contributed by atoms with Crippen molar-refractivity contribution in [3.63, 3.8) is 0 Å². The van der Waals surface area contributed by atoms with Crippen LogP contribution >= 0.6 is 0 Å². The Balaban J connectivity index is 1.26. The Kier molecular flexibility index (Phi) is 5.22. The summed E-state index contributed by atoms with van der Waals surface area (Å²) >= 11 is 0. The summed E-state index contributed by atoms with van der Waals surface area (Å²) in [6.07, 6.45) is 12.4. The van der Waals surface area contributed by atoms with Crippen molar-refractivity contribution in [2.24, 2.45) is 5.92 Å². The first-order valence-corrected chi connectivity index (χ1v) is 10.3. The van der Waals surface area contributed by atoms with E-state index in [1.54, 1.807) is 52.5 Å². The Labute approximate surface area is 179 Å². The first-order valence-electron chi connectivity index (χ1n) is 10.3. The molecule has 0 spiro atoms. The summed E-state index contributed by atoms with van der Waals surface area (Å²) in [4.78, 5) is 27.7. The number of hydrogen-bond donors (Lipinski definition) is 0. The van der Waals surface area contributed by atoms with Gasteiger partial charge in [-0.15, -0.1) is 0 Å². The van der Waals surface area contributed by atoms with Crippen molar-refractivity contribution in [2.75, 3.05) is 18.0 Å². The van der Waals surface area contributed by atoms with Crippen molar-refractivity contribution in [1.29, 1.82) is 0 Å². The van der Waals surface area contributed by atoms with Crippen LogP contribution in [0.1, 0.15) is 12.8 Å². The Morgan fingerprint density at radius 2 is 1.74 bits per heavy atom. The maximum absolute atomic E-state index is 12.4. The molecule has 0 aromatic carbocycles. The van der Waals surface area contributed by atoms with Gasteiger partial charge < -0.3 is 4.90 Å². The molecule has 4 aromatic heterocycles. The van der Waals surface area contributed by atoms with Crippen LogP contribution in [-0.2, 0) is 6.54 Å². The SMILES string of the molecule is O=c1ccc(-c2ccncc2)nn1CC1CCN(c2cncc(-n3cccn3)n2)CC1. The molecule has 0 atom stereocenters. The highest BCUT2D eigenvalue weighted by Gasteiger charge is 2.22. The fourth-order valence-corrected chi connectivity index (χ4v) is 3.86. The predicted octanol–water partition coefficient (Wildman–Crippen LogP) is 2.20. The van der Waals surface area contributed by atoms with E-state index in [9.17, 15) is 4.79 Å². The van der Waals surface area contributed by atoms with E-state index in [-0.39, 0.29) is 5.56 Å². The standard InChI is InChI=1S/C22H22N8O/c31-22-3-2-19(18-4-9-23-10-5-18)27-30(22)16-17-6-12-28(13-7-17)20-14-24-15-21(26-20)29-11-1-8-25-29/h1-5,8-11,14-15,17H,6-7,12-13,16H2. The van der Waals surface area contributed by atoms with Crippen LogP contribution in [0.2, 0.25) is 0 Å². The average Bonchev–Trinajstić information content (AvgIpc) is 3.37. The summed E-state index contributed by atoms with van der Waals surface area (Å²) < 4.78 is 3.30. The summed E-state index contributed by atoms with van der Waals surface area (Å²) in [5.74, 6) is 1.94. The summed E-state index contributed by atoms with van der Waals surface area (Å²) in [5.41, 5.74) is 1.66. The van der Waals surface area contributed by atoms with Crippen molar-refractivity contribution in [2.45, 2.75) is 19.4 Å². The molecule has 0 unspecified atom stereocenters. The third kappa shape index (κ3) is 4.20. The molecule has 4 aromatic rings. The molecule has 5 rings (SSSR count). The maximum Gasteiger partial charge on any atom is 0.266 e. The van der Waals surface area contributed by atoms with Gasteiger partial charge in [-0.1, -0.05) is 0 Å². The molecule has 0 aliphatic carbocycles. The van der Waals surface area contributed by atoms with E-state index >= 15 is 0 Å². The van der Waals surface area contributed by atoms with Gasteiger partial charge in [0.15, 0.2) is 5.82 Å². The van der Waals surface area contributed by atoms with Gasteiger partial charge >= 0.3 is 0 Å². The fraction of sp³-hybridized carbons (Fsp3) is 0.273. The molecule has 0 N–H and O–H groups in total. The second-order valence-corrected chi connectivity index (χ2v) is 7.59. The Morgan fingerprint density at radius 1 is 0.935 bits per heavy atom. The highest BCUT2D eigenvalue weighted by molar-refractivity contribution is 5.57. The molecule has 9 nitrogen and oxygen atoms in total. The zero-order valence-corrected chi connectivity index (χ0v) is 16.9. The van der Waals surface area contributed by atoms with Crippen molar-refractivity contribution < 1.29 is 0 Å². The van der Waals surface area contributed by atoms with E-state index in [0.717, 1.165) is 43.0 Å². The normalized spacial score (nSPS) is 14.6. The molecule has 0 radical (unpaired) electrons. The minimum Gasteiger partial charge on any atom is -0.355 e. The zero-order valence-electron chi connectivity index (χ0n) is 16.9. The van der Waals surface area contributed by atoms with Gasteiger partial charge in [-0.3, -0.25) is 14.8 Å². The molecule has 1 aliphatic rings.